The van der Waals surface area contributed by atoms with Gasteiger partial charge in [-0.2, -0.15) is 0 Å². The van der Waals surface area contributed by atoms with Crippen LogP contribution >= 0.6 is 0 Å². The molecule has 0 saturated carbocycles. The fourth-order valence-corrected chi connectivity index (χ4v) is 2.25. The Labute approximate surface area is 72.6 Å². The predicted octanol–water partition coefficient (Wildman–Crippen LogP) is -0.128. The standard InChI is InChI=1S/C7H17Si.Li/c1-5-8(4,6-2)7-3;/h4-7H2,1-3H3;/q-1;+1. The average Bonchev–Trinajstić information content (AvgIpc) is 1.87. The van der Waals surface area contributed by atoms with Crippen LogP contribution in [0.4, 0.5) is 0 Å². The van der Waals surface area contributed by atoms with Crippen LogP contribution in [0.1, 0.15) is 20.8 Å². The van der Waals surface area contributed by atoms with Gasteiger partial charge < -0.3 is 6.55 Å². The molecule has 0 fully saturated rings. The van der Waals surface area contributed by atoms with E-state index in [1.54, 1.807) is 0 Å². The van der Waals surface area contributed by atoms with E-state index >= 15 is 0 Å². The van der Waals surface area contributed by atoms with E-state index in [1.165, 1.54) is 18.1 Å². The van der Waals surface area contributed by atoms with Gasteiger partial charge in [0.15, 0.2) is 0 Å². The van der Waals surface area contributed by atoms with Crippen LogP contribution in [-0.2, 0) is 0 Å². The molecule has 9 heavy (non-hydrogen) atoms. The van der Waals surface area contributed by atoms with Crippen molar-refractivity contribution in [3.63, 3.8) is 0 Å². The summed E-state index contributed by atoms with van der Waals surface area (Å²) in [6, 6.07) is 4.04. The molecule has 0 aromatic carbocycles. The SMILES string of the molecule is [CH2-][Si](CC)(CC)CC.[Li+]. The summed E-state index contributed by atoms with van der Waals surface area (Å²) >= 11 is 0. The maximum atomic E-state index is 4.26. The Balaban J connectivity index is 0. The van der Waals surface area contributed by atoms with Crippen molar-refractivity contribution in [1.29, 1.82) is 0 Å². The van der Waals surface area contributed by atoms with E-state index < -0.39 is 8.07 Å². The predicted molar refractivity (Wildman–Crippen MR) is 42.6 cm³/mol. The maximum Gasteiger partial charge on any atom is 1.00 e. The maximum absolute atomic E-state index is 4.26. The largest absolute Gasteiger partial charge is 1.00 e. The molecule has 0 nitrogen and oxygen atoms in total. The molecule has 0 aliphatic rings. The first-order chi connectivity index (χ1) is 3.68. The van der Waals surface area contributed by atoms with Crippen LogP contribution in [0.15, 0.2) is 0 Å². The summed E-state index contributed by atoms with van der Waals surface area (Å²) in [5.41, 5.74) is 0. The Morgan fingerprint density at radius 1 is 1.00 bits per heavy atom. The van der Waals surface area contributed by atoms with Gasteiger partial charge in [-0.25, -0.2) is 0 Å². The fraction of sp³-hybridized carbons (Fsp3) is 0.857. The summed E-state index contributed by atoms with van der Waals surface area (Å²) in [6.07, 6.45) is 0. The molecule has 0 saturated heterocycles. The molecule has 0 aromatic heterocycles. The van der Waals surface area contributed by atoms with Crippen molar-refractivity contribution in [2.75, 3.05) is 0 Å². The smallest absolute Gasteiger partial charge is 0.342 e. The van der Waals surface area contributed by atoms with Crippen molar-refractivity contribution in [1.82, 2.24) is 0 Å². The van der Waals surface area contributed by atoms with Gasteiger partial charge in [0.05, 0.1) is 0 Å². The van der Waals surface area contributed by atoms with Crippen molar-refractivity contribution in [3.8, 4) is 0 Å². The third-order valence-electron chi connectivity index (χ3n) is 2.25. The Morgan fingerprint density at radius 3 is 1.22 bits per heavy atom. The van der Waals surface area contributed by atoms with E-state index in [0.29, 0.717) is 0 Å². The molecule has 0 rings (SSSR count). The van der Waals surface area contributed by atoms with Crippen molar-refractivity contribution >= 4 is 8.07 Å². The second-order valence-electron chi connectivity index (χ2n) is 2.56. The molecule has 0 atom stereocenters. The zero-order valence-corrected chi connectivity index (χ0v) is 8.33. The molecule has 50 valence electrons. The summed E-state index contributed by atoms with van der Waals surface area (Å²) in [6.45, 7) is 11.1. The zero-order chi connectivity index (χ0) is 6.62. The molecule has 2 heteroatoms. The molecule has 0 amide bonds. The number of hydrogen-bond acceptors (Lipinski definition) is 0. The second kappa shape index (κ2) is 5.59. The molecular weight excluding hydrogens is 119 g/mol. The molecule has 0 bridgehead atoms. The van der Waals surface area contributed by atoms with Crippen LogP contribution in [0.3, 0.4) is 0 Å². The first kappa shape index (κ1) is 12.5. The summed E-state index contributed by atoms with van der Waals surface area (Å²) < 4.78 is 0. The number of rotatable bonds is 3. The quantitative estimate of drug-likeness (QED) is 0.374. The Kier molecular flexibility index (Phi) is 7.75. The van der Waals surface area contributed by atoms with Crippen LogP contribution in [0.25, 0.3) is 0 Å². The Bertz CT molecular complexity index is 51.7. The van der Waals surface area contributed by atoms with Crippen molar-refractivity contribution in [2.45, 2.75) is 38.9 Å². The van der Waals surface area contributed by atoms with Gasteiger partial charge in [-0.15, -0.1) is 0 Å². The summed E-state index contributed by atoms with van der Waals surface area (Å²) in [4.78, 5) is 0. The molecule has 0 aromatic rings. The van der Waals surface area contributed by atoms with E-state index in [-0.39, 0.29) is 18.9 Å². The molecule has 0 aliphatic heterocycles. The molecule has 0 spiro atoms. The van der Waals surface area contributed by atoms with Crippen molar-refractivity contribution < 1.29 is 18.9 Å². The van der Waals surface area contributed by atoms with Gasteiger partial charge in [-0.1, -0.05) is 47.0 Å². The minimum atomic E-state index is -0.921. The monoisotopic (exact) mass is 136 g/mol. The molecule has 0 N–H and O–H groups in total. The Hall–Kier alpha value is 0.814. The van der Waals surface area contributed by atoms with Gasteiger partial charge in [-0.3, -0.25) is 0 Å². The van der Waals surface area contributed by atoms with Gasteiger partial charge in [0, 0.05) is 0 Å². The fourth-order valence-electron chi connectivity index (χ4n) is 0.750. The third kappa shape index (κ3) is 4.25. The van der Waals surface area contributed by atoms with Crippen LogP contribution in [0, 0.1) is 6.55 Å². The van der Waals surface area contributed by atoms with E-state index in [0.717, 1.165) is 0 Å². The molecule has 0 radical (unpaired) electrons. The van der Waals surface area contributed by atoms with E-state index in [2.05, 4.69) is 27.3 Å². The minimum absolute atomic E-state index is 0. The van der Waals surface area contributed by atoms with Crippen LogP contribution in [-0.4, -0.2) is 8.07 Å². The number of hydrogen-bond donors (Lipinski definition) is 0. The van der Waals surface area contributed by atoms with Crippen LogP contribution in [0.5, 0.6) is 0 Å². The van der Waals surface area contributed by atoms with Gasteiger partial charge in [0.2, 0.25) is 0 Å². The first-order valence-corrected chi connectivity index (χ1v) is 6.36. The summed E-state index contributed by atoms with van der Waals surface area (Å²) in [7, 11) is -0.921. The summed E-state index contributed by atoms with van der Waals surface area (Å²) in [5.74, 6) is 0. The van der Waals surface area contributed by atoms with E-state index in [1.807, 2.05) is 0 Å². The average molecular weight is 136 g/mol. The minimum Gasteiger partial charge on any atom is -0.342 e. The second-order valence-corrected chi connectivity index (χ2v) is 7.68. The van der Waals surface area contributed by atoms with Gasteiger partial charge in [0.25, 0.3) is 0 Å². The van der Waals surface area contributed by atoms with Gasteiger partial charge in [0.1, 0.15) is 0 Å². The molecular formula is C7H17LiSi. The van der Waals surface area contributed by atoms with Crippen LogP contribution in [0.2, 0.25) is 18.1 Å². The van der Waals surface area contributed by atoms with E-state index in [9.17, 15) is 0 Å². The summed E-state index contributed by atoms with van der Waals surface area (Å²) in [5, 5.41) is 0. The molecule has 0 heterocycles. The zero-order valence-electron chi connectivity index (χ0n) is 7.33. The van der Waals surface area contributed by atoms with Crippen molar-refractivity contribution in [2.24, 2.45) is 0 Å². The molecule has 0 unspecified atom stereocenters. The third-order valence-corrected chi connectivity index (χ3v) is 6.75. The first-order valence-electron chi connectivity index (χ1n) is 3.54. The van der Waals surface area contributed by atoms with E-state index in [4.69, 9.17) is 0 Å². The Morgan fingerprint density at radius 2 is 1.22 bits per heavy atom. The van der Waals surface area contributed by atoms with Crippen LogP contribution < -0.4 is 18.9 Å². The topological polar surface area (TPSA) is 0 Å². The normalized spacial score (nSPS) is 10.7. The van der Waals surface area contributed by atoms with Gasteiger partial charge in [-0.05, 0) is 0 Å². The van der Waals surface area contributed by atoms with Gasteiger partial charge >= 0.3 is 18.9 Å². The molecule has 0 aliphatic carbocycles. The van der Waals surface area contributed by atoms with Crippen molar-refractivity contribution in [3.05, 3.63) is 6.55 Å².